The summed E-state index contributed by atoms with van der Waals surface area (Å²) in [4.78, 5) is 31.3. The molecule has 5 rings (SSSR count). The Morgan fingerprint density at radius 1 is 1.12 bits per heavy atom. The number of allylic oxidation sites excluding steroid dienone is 1. The SMILES string of the molecule is COC(=O)C1=C(C)N=c2s/c(=C\c3ccc(-c4ccc(Cl)cc4)o3)c(=O)n2[C@@H]1c1ccccc1. The monoisotopic (exact) mass is 490 g/mol. The zero-order valence-electron chi connectivity index (χ0n) is 18.3. The van der Waals surface area contributed by atoms with E-state index in [9.17, 15) is 9.59 Å². The summed E-state index contributed by atoms with van der Waals surface area (Å²) in [7, 11) is 1.32. The summed E-state index contributed by atoms with van der Waals surface area (Å²) >= 11 is 7.22. The number of carbonyl (C=O) groups is 1. The Hall–Kier alpha value is -3.68. The second kappa shape index (κ2) is 8.93. The van der Waals surface area contributed by atoms with Crippen molar-refractivity contribution in [1.82, 2.24) is 4.57 Å². The van der Waals surface area contributed by atoms with Crippen molar-refractivity contribution >= 4 is 35.0 Å². The fourth-order valence-corrected chi connectivity index (χ4v) is 5.12. The van der Waals surface area contributed by atoms with Crippen LogP contribution in [0.3, 0.4) is 0 Å². The smallest absolute Gasteiger partial charge is 0.338 e. The van der Waals surface area contributed by atoms with Crippen molar-refractivity contribution in [1.29, 1.82) is 0 Å². The lowest BCUT2D eigenvalue weighted by molar-refractivity contribution is -0.136. The van der Waals surface area contributed by atoms with E-state index in [0.29, 0.717) is 37.1 Å². The van der Waals surface area contributed by atoms with Gasteiger partial charge in [-0.15, -0.1) is 0 Å². The first-order chi connectivity index (χ1) is 16.5. The first kappa shape index (κ1) is 22.1. The molecule has 0 spiro atoms. The van der Waals surface area contributed by atoms with Gasteiger partial charge in [0.1, 0.15) is 11.5 Å². The summed E-state index contributed by atoms with van der Waals surface area (Å²) in [5.41, 5.74) is 2.30. The Morgan fingerprint density at radius 2 is 1.85 bits per heavy atom. The average Bonchev–Trinajstić information content (AvgIpc) is 3.43. The van der Waals surface area contributed by atoms with E-state index in [1.165, 1.54) is 18.4 Å². The fourth-order valence-electron chi connectivity index (χ4n) is 3.97. The highest BCUT2D eigenvalue weighted by Gasteiger charge is 2.32. The van der Waals surface area contributed by atoms with Crippen LogP contribution in [-0.4, -0.2) is 17.6 Å². The van der Waals surface area contributed by atoms with Gasteiger partial charge in [-0.2, -0.15) is 0 Å². The molecule has 2 aromatic carbocycles. The third kappa shape index (κ3) is 3.93. The standard InChI is InChI=1S/C26H19ClN2O4S/c1-15-22(25(31)32-2)23(17-6-4-3-5-7-17)29-24(30)21(34-26(29)28-15)14-19-12-13-20(33-19)16-8-10-18(27)11-9-16/h3-14,23H,1-2H3/b21-14-/t23-/m1/s1. The van der Waals surface area contributed by atoms with Gasteiger partial charge < -0.3 is 9.15 Å². The van der Waals surface area contributed by atoms with Gasteiger partial charge >= 0.3 is 5.97 Å². The van der Waals surface area contributed by atoms with Crippen LogP contribution in [0.2, 0.25) is 5.02 Å². The number of ether oxygens (including phenoxy) is 1. The molecule has 0 aliphatic carbocycles. The number of thiazole rings is 1. The number of nitrogens with zero attached hydrogens (tertiary/aromatic N) is 2. The third-order valence-electron chi connectivity index (χ3n) is 5.57. The van der Waals surface area contributed by atoms with E-state index in [4.69, 9.17) is 20.8 Å². The Morgan fingerprint density at radius 3 is 2.56 bits per heavy atom. The third-order valence-corrected chi connectivity index (χ3v) is 6.81. The lowest BCUT2D eigenvalue weighted by atomic mass is 9.96. The minimum atomic E-state index is -0.631. The molecular weight excluding hydrogens is 472 g/mol. The molecule has 4 aromatic rings. The molecule has 3 heterocycles. The highest BCUT2D eigenvalue weighted by atomic mass is 35.5. The summed E-state index contributed by atoms with van der Waals surface area (Å²) in [6.45, 7) is 1.75. The number of methoxy groups -OCH3 is 1. The molecule has 2 aromatic heterocycles. The number of furan rings is 1. The van der Waals surface area contributed by atoms with E-state index in [1.807, 2.05) is 54.6 Å². The van der Waals surface area contributed by atoms with Gasteiger partial charge in [0.05, 0.1) is 29.0 Å². The largest absolute Gasteiger partial charge is 0.466 e. The highest BCUT2D eigenvalue weighted by Crippen LogP contribution is 2.30. The van der Waals surface area contributed by atoms with Crippen molar-refractivity contribution in [3.8, 4) is 11.3 Å². The zero-order chi connectivity index (χ0) is 23.8. The summed E-state index contributed by atoms with van der Waals surface area (Å²) in [5.74, 6) is 0.695. The molecule has 0 bridgehead atoms. The van der Waals surface area contributed by atoms with E-state index in [2.05, 4.69) is 4.99 Å². The molecule has 6 nitrogen and oxygen atoms in total. The van der Waals surface area contributed by atoms with Crippen LogP contribution in [0.4, 0.5) is 0 Å². The normalized spacial score (nSPS) is 15.7. The predicted molar refractivity (Wildman–Crippen MR) is 131 cm³/mol. The molecule has 1 atom stereocenters. The molecule has 34 heavy (non-hydrogen) atoms. The molecule has 0 saturated carbocycles. The first-order valence-electron chi connectivity index (χ1n) is 10.5. The molecule has 170 valence electrons. The second-order valence-corrected chi connectivity index (χ2v) is 9.14. The van der Waals surface area contributed by atoms with Crippen molar-refractivity contribution in [3.63, 3.8) is 0 Å². The van der Waals surface area contributed by atoms with Gasteiger partial charge in [0.15, 0.2) is 4.80 Å². The Balaban J connectivity index is 1.63. The molecule has 0 amide bonds. The molecule has 1 aliphatic rings. The zero-order valence-corrected chi connectivity index (χ0v) is 19.9. The minimum absolute atomic E-state index is 0.254. The number of halogens is 1. The number of benzene rings is 2. The molecule has 1 aliphatic heterocycles. The van der Waals surface area contributed by atoms with Gasteiger partial charge in [0, 0.05) is 16.7 Å². The number of carbonyl (C=O) groups excluding carboxylic acids is 1. The van der Waals surface area contributed by atoms with Gasteiger partial charge in [-0.1, -0.05) is 53.3 Å². The summed E-state index contributed by atoms with van der Waals surface area (Å²) in [5, 5.41) is 0.645. The Labute approximate surface area is 203 Å². The molecule has 0 N–H and O–H groups in total. The molecule has 0 fully saturated rings. The van der Waals surface area contributed by atoms with Crippen LogP contribution in [0.15, 0.2) is 92.2 Å². The van der Waals surface area contributed by atoms with Crippen LogP contribution in [0.25, 0.3) is 17.4 Å². The number of hydrogen-bond acceptors (Lipinski definition) is 6. The number of fused-ring (bicyclic) bond motifs is 1. The molecule has 0 saturated heterocycles. The summed E-state index contributed by atoms with van der Waals surface area (Å²) in [6, 6.07) is 19.7. The van der Waals surface area contributed by atoms with Crippen molar-refractivity contribution in [2.45, 2.75) is 13.0 Å². The quantitative estimate of drug-likeness (QED) is 0.399. The maximum atomic E-state index is 13.5. The maximum Gasteiger partial charge on any atom is 0.338 e. The fraction of sp³-hybridized carbons (Fsp3) is 0.115. The Kier molecular flexibility index (Phi) is 5.81. The number of hydrogen-bond donors (Lipinski definition) is 0. The van der Waals surface area contributed by atoms with Crippen LogP contribution in [-0.2, 0) is 9.53 Å². The van der Waals surface area contributed by atoms with Crippen LogP contribution >= 0.6 is 22.9 Å². The van der Waals surface area contributed by atoms with Crippen molar-refractivity contribution in [2.24, 2.45) is 4.99 Å². The van der Waals surface area contributed by atoms with Crippen molar-refractivity contribution in [2.75, 3.05) is 7.11 Å². The van der Waals surface area contributed by atoms with Crippen LogP contribution < -0.4 is 14.9 Å². The first-order valence-corrected chi connectivity index (χ1v) is 11.7. The average molecular weight is 491 g/mol. The topological polar surface area (TPSA) is 73.8 Å². The number of aromatic nitrogens is 1. The van der Waals surface area contributed by atoms with Crippen molar-refractivity contribution in [3.05, 3.63) is 114 Å². The molecule has 8 heteroatoms. The summed E-state index contributed by atoms with van der Waals surface area (Å²) in [6.07, 6.45) is 1.70. The maximum absolute atomic E-state index is 13.5. The van der Waals surface area contributed by atoms with Crippen LogP contribution in [0.5, 0.6) is 0 Å². The number of esters is 1. The van der Waals surface area contributed by atoms with Gasteiger partial charge in [-0.3, -0.25) is 9.36 Å². The molecule has 0 unspecified atom stereocenters. The van der Waals surface area contributed by atoms with Crippen LogP contribution in [0.1, 0.15) is 24.3 Å². The molecule has 0 radical (unpaired) electrons. The van der Waals surface area contributed by atoms with E-state index >= 15 is 0 Å². The van der Waals surface area contributed by atoms with Gasteiger partial charge in [-0.05, 0) is 48.9 Å². The second-order valence-electron chi connectivity index (χ2n) is 7.69. The summed E-state index contributed by atoms with van der Waals surface area (Å²) < 4.78 is 13.0. The minimum Gasteiger partial charge on any atom is -0.466 e. The van der Waals surface area contributed by atoms with Crippen molar-refractivity contribution < 1.29 is 13.9 Å². The van der Waals surface area contributed by atoms with Gasteiger partial charge in [0.2, 0.25) is 0 Å². The number of rotatable bonds is 4. The van der Waals surface area contributed by atoms with Crippen LogP contribution in [0, 0.1) is 0 Å². The predicted octanol–water partition coefficient (Wildman–Crippen LogP) is 4.32. The van der Waals surface area contributed by atoms with Gasteiger partial charge in [-0.25, -0.2) is 9.79 Å². The van der Waals surface area contributed by atoms with E-state index in [0.717, 1.165) is 11.1 Å². The lowest BCUT2D eigenvalue weighted by Crippen LogP contribution is -2.39. The van der Waals surface area contributed by atoms with E-state index in [1.54, 1.807) is 29.7 Å². The van der Waals surface area contributed by atoms with Gasteiger partial charge in [0.25, 0.3) is 5.56 Å². The lowest BCUT2D eigenvalue weighted by Gasteiger charge is -2.24. The van der Waals surface area contributed by atoms with E-state index in [-0.39, 0.29) is 5.56 Å². The van der Waals surface area contributed by atoms with E-state index < -0.39 is 12.0 Å². The molecular formula is C26H19ClN2O4S. The highest BCUT2D eigenvalue weighted by molar-refractivity contribution is 7.07. The Bertz CT molecular complexity index is 1590.